The lowest BCUT2D eigenvalue weighted by Gasteiger charge is -2.25. The van der Waals surface area contributed by atoms with Crippen LogP contribution in [0.1, 0.15) is 20.3 Å². The number of ether oxygens (including phenoxy) is 2. The Balaban J connectivity index is 2.00. The van der Waals surface area contributed by atoms with E-state index in [9.17, 15) is 4.79 Å². The number of hydrogen-bond acceptors (Lipinski definition) is 3. The highest BCUT2D eigenvalue weighted by Crippen LogP contribution is 2.13. The number of carbonyl (C=O) groups is 1. The molecule has 0 aromatic heterocycles. The van der Waals surface area contributed by atoms with Gasteiger partial charge in [0.05, 0.1) is 19.1 Å². The highest BCUT2D eigenvalue weighted by atomic mass is 16.6. The van der Waals surface area contributed by atoms with Gasteiger partial charge in [0.2, 0.25) is 0 Å². The summed E-state index contributed by atoms with van der Waals surface area (Å²) in [6.07, 6.45) is 0.765. The summed E-state index contributed by atoms with van der Waals surface area (Å²) in [5.74, 6) is -0.114. The van der Waals surface area contributed by atoms with E-state index in [0.29, 0.717) is 13.0 Å². The number of cyclic esters (lactones) is 1. The third kappa shape index (κ3) is 1.99. The summed E-state index contributed by atoms with van der Waals surface area (Å²) in [5.41, 5.74) is 0. The summed E-state index contributed by atoms with van der Waals surface area (Å²) in [4.78, 5) is 10.3. The number of rotatable bonds is 3. The number of hydrogen-bond donors (Lipinski definition) is 0. The van der Waals surface area contributed by atoms with Gasteiger partial charge in [-0.3, -0.25) is 4.79 Å². The van der Waals surface area contributed by atoms with Crippen LogP contribution in [0.25, 0.3) is 0 Å². The molecule has 1 fully saturated rings. The first-order valence-corrected chi connectivity index (χ1v) is 3.49. The van der Waals surface area contributed by atoms with Crippen molar-refractivity contribution in [2.75, 3.05) is 6.61 Å². The molecule has 1 atom stereocenters. The summed E-state index contributed by atoms with van der Waals surface area (Å²) in [7, 11) is 0. The van der Waals surface area contributed by atoms with Gasteiger partial charge in [-0.25, -0.2) is 0 Å². The SMILES string of the molecule is CC(C)OCC1CC(=O)O1. The molecule has 1 saturated heterocycles. The van der Waals surface area contributed by atoms with Crippen LogP contribution in [0.5, 0.6) is 0 Å². The van der Waals surface area contributed by atoms with Crippen molar-refractivity contribution in [1.82, 2.24) is 0 Å². The van der Waals surface area contributed by atoms with E-state index in [2.05, 4.69) is 0 Å². The maximum absolute atomic E-state index is 10.3. The van der Waals surface area contributed by atoms with E-state index >= 15 is 0 Å². The van der Waals surface area contributed by atoms with Crippen LogP contribution < -0.4 is 0 Å². The van der Waals surface area contributed by atoms with Crippen molar-refractivity contribution in [2.24, 2.45) is 0 Å². The molecule has 1 unspecified atom stereocenters. The van der Waals surface area contributed by atoms with Crippen molar-refractivity contribution >= 4 is 5.97 Å². The van der Waals surface area contributed by atoms with E-state index in [1.165, 1.54) is 0 Å². The molecular weight excluding hydrogens is 132 g/mol. The Morgan fingerprint density at radius 1 is 1.80 bits per heavy atom. The van der Waals surface area contributed by atoms with E-state index in [4.69, 9.17) is 9.47 Å². The van der Waals surface area contributed by atoms with Crippen LogP contribution in [0.15, 0.2) is 0 Å². The predicted molar refractivity (Wildman–Crippen MR) is 35.6 cm³/mol. The molecule has 58 valence electrons. The number of esters is 1. The van der Waals surface area contributed by atoms with Crippen LogP contribution in [0.2, 0.25) is 0 Å². The molecule has 1 rings (SSSR count). The summed E-state index contributed by atoms with van der Waals surface area (Å²) in [5, 5.41) is 0. The molecule has 1 aliphatic rings. The Labute approximate surface area is 60.3 Å². The molecule has 1 aliphatic heterocycles. The lowest BCUT2D eigenvalue weighted by molar-refractivity contribution is -0.176. The van der Waals surface area contributed by atoms with Gasteiger partial charge >= 0.3 is 5.97 Å². The Morgan fingerprint density at radius 2 is 2.40 bits per heavy atom. The van der Waals surface area contributed by atoms with Crippen molar-refractivity contribution in [3.8, 4) is 0 Å². The van der Waals surface area contributed by atoms with Gasteiger partial charge < -0.3 is 9.47 Å². The second-order valence-electron chi connectivity index (χ2n) is 2.70. The summed E-state index contributed by atoms with van der Waals surface area (Å²) in [6.45, 7) is 4.46. The monoisotopic (exact) mass is 144 g/mol. The lowest BCUT2D eigenvalue weighted by atomic mass is 10.2. The zero-order valence-electron chi connectivity index (χ0n) is 6.29. The van der Waals surface area contributed by atoms with Gasteiger partial charge in [-0.2, -0.15) is 0 Å². The van der Waals surface area contributed by atoms with Crippen molar-refractivity contribution in [3.05, 3.63) is 0 Å². The fourth-order valence-electron chi connectivity index (χ4n) is 0.755. The van der Waals surface area contributed by atoms with E-state index in [0.717, 1.165) is 0 Å². The topological polar surface area (TPSA) is 35.5 Å². The zero-order chi connectivity index (χ0) is 7.56. The Hall–Kier alpha value is -0.570. The van der Waals surface area contributed by atoms with Crippen molar-refractivity contribution < 1.29 is 14.3 Å². The van der Waals surface area contributed by atoms with E-state index in [1.807, 2.05) is 13.8 Å². The Morgan fingerprint density at radius 3 is 2.80 bits per heavy atom. The molecule has 0 aliphatic carbocycles. The highest BCUT2D eigenvalue weighted by Gasteiger charge is 2.28. The van der Waals surface area contributed by atoms with Gasteiger partial charge in [-0.05, 0) is 13.8 Å². The molecular formula is C7H12O3. The molecule has 3 nitrogen and oxygen atoms in total. The smallest absolute Gasteiger partial charge is 0.310 e. The molecule has 0 radical (unpaired) electrons. The average Bonchev–Trinajstić information content (AvgIpc) is 1.77. The maximum atomic E-state index is 10.3. The average molecular weight is 144 g/mol. The summed E-state index contributed by atoms with van der Waals surface area (Å²) in [6, 6.07) is 0. The minimum Gasteiger partial charge on any atom is -0.459 e. The molecule has 0 amide bonds. The van der Waals surface area contributed by atoms with Gasteiger partial charge in [0.1, 0.15) is 6.10 Å². The molecule has 0 spiro atoms. The van der Waals surface area contributed by atoms with Crippen molar-refractivity contribution in [3.63, 3.8) is 0 Å². The van der Waals surface area contributed by atoms with Gasteiger partial charge in [0.25, 0.3) is 0 Å². The predicted octanol–water partition coefficient (Wildman–Crippen LogP) is 0.727. The molecule has 1 heterocycles. The van der Waals surface area contributed by atoms with Crippen LogP contribution in [0, 0.1) is 0 Å². The highest BCUT2D eigenvalue weighted by molar-refractivity contribution is 5.75. The second kappa shape index (κ2) is 3.01. The number of carbonyl (C=O) groups excluding carboxylic acids is 1. The van der Waals surface area contributed by atoms with Crippen LogP contribution in [-0.2, 0) is 14.3 Å². The molecule has 10 heavy (non-hydrogen) atoms. The van der Waals surface area contributed by atoms with Crippen molar-refractivity contribution in [1.29, 1.82) is 0 Å². The fraction of sp³-hybridized carbons (Fsp3) is 0.857. The fourth-order valence-corrected chi connectivity index (χ4v) is 0.755. The van der Waals surface area contributed by atoms with Crippen LogP contribution in [0.3, 0.4) is 0 Å². The van der Waals surface area contributed by atoms with E-state index < -0.39 is 0 Å². The standard InChI is InChI=1S/C7H12O3/c1-5(2)9-4-6-3-7(8)10-6/h5-6H,3-4H2,1-2H3. The normalized spacial score (nSPS) is 24.3. The van der Waals surface area contributed by atoms with Gasteiger partial charge in [0, 0.05) is 0 Å². The third-order valence-corrected chi connectivity index (χ3v) is 1.31. The molecule has 0 bridgehead atoms. The second-order valence-corrected chi connectivity index (χ2v) is 2.70. The largest absolute Gasteiger partial charge is 0.459 e. The minimum absolute atomic E-state index is 0.0231. The molecule has 0 aromatic carbocycles. The lowest BCUT2D eigenvalue weighted by Crippen LogP contribution is -2.37. The molecule has 0 N–H and O–H groups in total. The first-order valence-electron chi connectivity index (χ1n) is 3.49. The van der Waals surface area contributed by atoms with E-state index in [1.54, 1.807) is 0 Å². The van der Waals surface area contributed by atoms with Crippen molar-refractivity contribution in [2.45, 2.75) is 32.5 Å². The van der Waals surface area contributed by atoms with Crippen LogP contribution in [0.4, 0.5) is 0 Å². The van der Waals surface area contributed by atoms with Crippen LogP contribution in [-0.4, -0.2) is 24.8 Å². The van der Waals surface area contributed by atoms with Gasteiger partial charge in [0.15, 0.2) is 0 Å². The Bertz CT molecular complexity index is 123. The maximum Gasteiger partial charge on any atom is 0.310 e. The Kier molecular flexibility index (Phi) is 2.27. The quantitative estimate of drug-likeness (QED) is 0.548. The summed E-state index contributed by atoms with van der Waals surface area (Å²) >= 11 is 0. The molecule has 0 saturated carbocycles. The minimum atomic E-state index is -0.114. The van der Waals surface area contributed by atoms with Gasteiger partial charge in [-0.1, -0.05) is 0 Å². The molecule has 0 aromatic rings. The van der Waals surface area contributed by atoms with Crippen LogP contribution >= 0.6 is 0 Å². The zero-order valence-corrected chi connectivity index (χ0v) is 6.29. The first kappa shape index (κ1) is 7.54. The summed E-state index contributed by atoms with van der Waals surface area (Å²) < 4.78 is 9.94. The molecule has 3 heteroatoms. The third-order valence-electron chi connectivity index (χ3n) is 1.31. The van der Waals surface area contributed by atoms with E-state index in [-0.39, 0.29) is 18.2 Å². The first-order chi connectivity index (χ1) is 4.68. The van der Waals surface area contributed by atoms with Gasteiger partial charge in [-0.15, -0.1) is 0 Å².